The molecule has 112 valence electrons. The third-order valence-electron chi connectivity index (χ3n) is 3.06. The van der Waals surface area contributed by atoms with E-state index < -0.39 is 6.09 Å². The van der Waals surface area contributed by atoms with E-state index >= 15 is 0 Å². The number of aromatic nitrogens is 2. The van der Waals surface area contributed by atoms with E-state index in [2.05, 4.69) is 27.5 Å². The van der Waals surface area contributed by atoms with Crippen LogP contribution in [-0.4, -0.2) is 53.7 Å². The fourth-order valence-electron chi connectivity index (χ4n) is 2.17. The molecule has 1 saturated heterocycles. The van der Waals surface area contributed by atoms with E-state index in [-0.39, 0.29) is 0 Å². The first-order valence-corrected chi connectivity index (χ1v) is 8.56. The highest BCUT2D eigenvalue weighted by Gasteiger charge is 2.18. The minimum absolute atomic E-state index is 0.349. The topological polar surface area (TPSA) is 67.3 Å². The van der Waals surface area contributed by atoms with Gasteiger partial charge in [0.25, 0.3) is 0 Å². The quantitative estimate of drug-likeness (QED) is 0.665. The van der Waals surface area contributed by atoms with Gasteiger partial charge in [-0.3, -0.25) is 5.32 Å². The Kier molecular flexibility index (Phi) is 6.06. The number of likely N-dealkylation sites (tertiary alicyclic amines) is 1. The Morgan fingerprint density at radius 1 is 1.60 bits per heavy atom. The first-order valence-electron chi connectivity index (χ1n) is 6.76. The predicted molar refractivity (Wildman–Crippen MR) is 81.5 cm³/mol. The van der Waals surface area contributed by atoms with Crippen molar-refractivity contribution in [3.63, 3.8) is 0 Å². The summed E-state index contributed by atoms with van der Waals surface area (Å²) in [5.41, 5.74) is 0. The number of rotatable bonds is 5. The summed E-state index contributed by atoms with van der Waals surface area (Å²) in [6.07, 6.45) is 2.08. The lowest BCUT2D eigenvalue weighted by Gasteiger charge is -2.29. The van der Waals surface area contributed by atoms with Gasteiger partial charge in [-0.25, -0.2) is 4.79 Å². The molecule has 0 unspecified atom stereocenters. The van der Waals surface area contributed by atoms with E-state index in [0.29, 0.717) is 17.7 Å². The van der Waals surface area contributed by atoms with Gasteiger partial charge >= 0.3 is 6.09 Å². The normalized spacial score (nSPS) is 19.8. The molecule has 0 saturated carbocycles. The summed E-state index contributed by atoms with van der Waals surface area (Å²) in [5.74, 6) is 1.77. The number of nitrogens with one attached hydrogen (secondary N) is 1. The molecule has 6 nitrogen and oxygen atoms in total. The zero-order valence-electron chi connectivity index (χ0n) is 11.8. The lowest BCUT2D eigenvalue weighted by atomic mass is 10.0. The molecule has 2 heterocycles. The van der Waals surface area contributed by atoms with Crippen LogP contribution < -0.4 is 5.32 Å². The van der Waals surface area contributed by atoms with E-state index in [4.69, 9.17) is 4.74 Å². The van der Waals surface area contributed by atoms with E-state index in [0.717, 1.165) is 16.6 Å². The highest BCUT2D eigenvalue weighted by Crippen LogP contribution is 2.29. The van der Waals surface area contributed by atoms with Crippen LogP contribution in [0.15, 0.2) is 4.34 Å². The maximum absolute atomic E-state index is 11.3. The molecule has 1 atom stereocenters. The van der Waals surface area contributed by atoms with Crippen molar-refractivity contribution in [3.05, 3.63) is 0 Å². The zero-order valence-corrected chi connectivity index (χ0v) is 13.4. The number of piperidine rings is 1. The van der Waals surface area contributed by atoms with Gasteiger partial charge < -0.3 is 9.64 Å². The van der Waals surface area contributed by atoms with Gasteiger partial charge in [0.1, 0.15) is 0 Å². The van der Waals surface area contributed by atoms with Crippen molar-refractivity contribution in [1.29, 1.82) is 0 Å². The van der Waals surface area contributed by atoms with E-state index in [1.807, 2.05) is 0 Å². The van der Waals surface area contributed by atoms with E-state index in [1.165, 1.54) is 30.7 Å². The molecule has 2 rings (SSSR count). The van der Waals surface area contributed by atoms with Gasteiger partial charge in [-0.05, 0) is 39.3 Å². The number of thioether (sulfide) groups is 1. The fourth-order valence-corrected chi connectivity index (χ4v) is 4.06. The van der Waals surface area contributed by atoms with Crippen molar-refractivity contribution in [2.24, 2.45) is 5.92 Å². The maximum Gasteiger partial charge on any atom is 0.413 e. The molecule has 1 N–H and O–H groups in total. The van der Waals surface area contributed by atoms with Crippen LogP contribution in [0.4, 0.5) is 9.93 Å². The highest BCUT2D eigenvalue weighted by atomic mass is 32.2. The Morgan fingerprint density at radius 2 is 2.45 bits per heavy atom. The number of anilines is 1. The Balaban J connectivity index is 1.76. The van der Waals surface area contributed by atoms with Crippen molar-refractivity contribution in [3.8, 4) is 0 Å². The Bertz CT molecular complexity index is 441. The van der Waals surface area contributed by atoms with Gasteiger partial charge in [-0.15, -0.1) is 10.2 Å². The lowest BCUT2D eigenvalue weighted by molar-refractivity contribution is 0.168. The summed E-state index contributed by atoms with van der Waals surface area (Å²) < 4.78 is 5.69. The SMILES string of the molecule is CCOC(=O)Nc1nnc(SC[C@@H]2CCCN(C)C2)s1. The van der Waals surface area contributed by atoms with E-state index in [9.17, 15) is 4.79 Å². The van der Waals surface area contributed by atoms with Crippen molar-refractivity contribution < 1.29 is 9.53 Å². The van der Waals surface area contributed by atoms with Gasteiger partial charge in [0.05, 0.1) is 6.61 Å². The second kappa shape index (κ2) is 7.80. The highest BCUT2D eigenvalue weighted by molar-refractivity contribution is 8.01. The summed E-state index contributed by atoms with van der Waals surface area (Å²) in [6, 6.07) is 0. The Morgan fingerprint density at radius 3 is 3.20 bits per heavy atom. The van der Waals surface area contributed by atoms with Crippen LogP contribution in [0.5, 0.6) is 0 Å². The van der Waals surface area contributed by atoms with E-state index in [1.54, 1.807) is 18.7 Å². The molecular formula is C12H20N4O2S2. The second-order valence-corrected chi connectivity index (χ2v) is 7.04. The van der Waals surface area contributed by atoms with Crippen LogP contribution >= 0.6 is 23.1 Å². The van der Waals surface area contributed by atoms with Gasteiger partial charge in [0, 0.05) is 12.3 Å². The first-order chi connectivity index (χ1) is 9.67. The molecule has 1 aromatic rings. The molecule has 1 fully saturated rings. The zero-order chi connectivity index (χ0) is 14.4. The molecule has 1 aromatic heterocycles. The molecule has 1 aliphatic rings. The molecule has 0 aromatic carbocycles. The van der Waals surface area contributed by atoms with Crippen LogP contribution in [-0.2, 0) is 4.74 Å². The molecule has 20 heavy (non-hydrogen) atoms. The number of carbonyl (C=O) groups excluding carboxylic acids is 1. The summed E-state index contributed by atoms with van der Waals surface area (Å²) in [6.45, 7) is 4.47. The summed E-state index contributed by atoms with van der Waals surface area (Å²) in [4.78, 5) is 13.6. The molecule has 8 heteroatoms. The van der Waals surface area contributed by atoms with Gasteiger partial charge in [0.15, 0.2) is 4.34 Å². The van der Waals surface area contributed by atoms with Crippen molar-refractivity contribution in [1.82, 2.24) is 15.1 Å². The molecular weight excluding hydrogens is 296 g/mol. The molecule has 0 aliphatic carbocycles. The number of carbonyl (C=O) groups is 1. The number of hydrogen-bond donors (Lipinski definition) is 1. The fraction of sp³-hybridized carbons (Fsp3) is 0.750. The third-order valence-corrected chi connectivity index (χ3v) is 5.26. The van der Waals surface area contributed by atoms with Crippen LogP contribution in [0.2, 0.25) is 0 Å². The molecule has 0 spiro atoms. The van der Waals surface area contributed by atoms with Gasteiger partial charge in [-0.2, -0.15) is 0 Å². The average Bonchev–Trinajstić information content (AvgIpc) is 2.84. The number of nitrogens with zero attached hydrogens (tertiary/aromatic N) is 3. The summed E-state index contributed by atoms with van der Waals surface area (Å²) >= 11 is 3.11. The van der Waals surface area contributed by atoms with Gasteiger partial charge in [-0.1, -0.05) is 23.1 Å². The minimum atomic E-state index is -0.478. The third kappa shape index (κ3) is 4.92. The molecule has 1 amide bonds. The lowest BCUT2D eigenvalue weighted by Crippen LogP contribution is -2.33. The molecule has 0 bridgehead atoms. The van der Waals surface area contributed by atoms with Crippen molar-refractivity contribution in [2.75, 3.05) is 37.8 Å². The van der Waals surface area contributed by atoms with Crippen LogP contribution in [0.1, 0.15) is 19.8 Å². The Labute approximate surface area is 127 Å². The van der Waals surface area contributed by atoms with Crippen LogP contribution in [0.3, 0.4) is 0 Å². The average molecular weight is 316 g/mol. The second-order valence-electron chi connectivity index (χ2n) is 4.80. The number of hydrogen-bond acceptors (Lipinski definition) is 7. The smallest absolute Gasteiger partial charge is 0.413 e. The number of amides is 1. The monoisotopic (exact) mass is 316 g/mol. The Hall–Kier alpha value is -0.860. The summed E-state index contributed by atoms with van der Waals surface area (Å²) in [5, 5.41) is 11.1. The maximum atomic E-state index is 11.3. The minimum Gasteiger partial charge on any atom is -0.450 e. The van der Waals surface area contributed by atoms with Crippen LogP contribution in [0, 0.1) is 5.92 Å². The summed E-state index contributed by atoms with van der Waals surface area (Å²) in [7, 11) is 2.17. The predicted octanol–water partition coefficient (Wildman–Crippen LogP) is 2.54. The van der Waals surface area contributed by atoms with Crippen molar-refractivity contribution in [2.45, 2.75) is 24.1 Å². The number of ether oxygens (including phenoxy) is 1. The standard InChI is InChI=1S/C12H20N4O2S2/c1-3-18-11(17)13-10-14-15-12(20-10)19-8-9-5-4-6-16(2)7-9/h9H,3-8H2,1-2H3,(H,13,14,17)/t9-/m1/s1. The molecule has 1 aliphatic heterocycles. The van der Waals surface area contributed by atoms with Crippen LogP contribution in [0.25, 0.3) is 0 Å². The van der Waals surface area contributed by atoms with Gasteiger partial charge in [0.2, 0.25) is 5.13 Å². The van der Waals surface area contributed by atoms with Crippen molar-refractivity contribution >= 4 is 34.3 Å². The largest absolute Gasteiger partial charge is 0.450 e. The first kappa shape index (κ1) is 15.5. The molecule has 0 radical (unpaired) electrons.